The molecule has 86 valence electrons. The normalized spacial score (nSPS) is 11.8. The molecule has 0 spiro atoms. The third-order valence-electron chi connectivity index (χ3n) is 1.78. The van der Waals surface area contributed by atoms with Gasteiger partial charge in [-0.05, 0) is 31.5 Å². The molecule has 16 heavy (non-hydrogen) atoms. The summed E-state index contributed by atoms with van der Waals surface area (Å²) in [5.74, 6) is -0.543. The van der Waals surface area contributed by atoms with E-state index in [1.807, 2.05) is 24.3 Å². The van der Waals surface area contributed by atoms with Gasteiger partial charge < -0.3 is 5.11 Å². The van der Waals surface area contributed by atoms with Gasteiger partial charge >= 0.3 is 0 Å². The first-order valence-electron chi connectivity index (χ1n) is 4.71. The number of halogens is 1. The van der Waals surface area contributed by atoms with Crippen molar-refractivity contribution >= 4 is 28.1 Å². The van der Waals surface area contributed by atoms with Crippen LogP contribution in [0.3, 0.4) is 0 Å². The fraction of sp³-hybridized carbons (Fsp3) is 0.273. The average Bonchev–Trinajstić information content (AvgIpc) is 2.16. The van der Waals surface area contributed by atoms with Gasteiger partial charge in [0, 0.05) is 4.47 Å². The standard InChI is InChI=1S/C11H13BrN2O2/c1-11(2,16)10(15)14-13-7-8-4-3-5-9(12)6-8/h3-7,16H,1-2H3,(H,14,15)/b13-7+. The minimum atomic E-state index is -1.42. The van der Waals surface area contributed by atoms with Crippen LogP contribution in [0.1, 0.15) is 19.4 Å². The number of carbonyl (C=O) groups is 1. The lowest BCUT2D eigenvalue weighted by molar-refractivity contribution is -0.136. The van der Waals surface area contributed by atoms with E-state index in [1.54, 1.807) is 0 Å². The first-order valence-corrected chi connectivity index (χ1v) is 5.50. The molecule has 0 heterocycles. The Morgan fingerprint density at radius 2 is 2.25 bits per heavy atom. The van der Waals surface area contributed by atoms with Crippen LogP contribution in [0.4, 0.5) is 0 Å². The Labute approximate surface area is 102 Å². The SMILES string of the molecule is CC(C)(O)C(=O)N/N=C/c1cccc(Br)c1. The van der Waals surface area contributed by atoms with Crippen LogP contribution < -0.4 is 5.43 Å². The van der Waals surface area contributed by atoms with Crippen molar-refractivity contribution < 1.29 is 9.90 Å². The van der Waals surface area contributed by atoms with Crippen molar-refractivity contribution in [1.82, 2.24) is 5.43 Å². The molecular weight excluding hydrogens is 272 g/mol. The number of hydrogen-bond donors (Lipinski definition) is 2. The molecule has 1 amide bonds. The Bertz CT molecular complexity index is 411. The molecule has 4 nitrogen and oxygen atoms in total. The van der Waals surface area contributed by atoms with E-state index in [9.17, 15) is 9.90 Å². The van der Waals surface area contributed by atoms with Crippen LogP contribution in [0.15, 0.2) is 33.8 Å². The van der Waals surface area contributed by atoms with Crippen LogP contribution in [0.25, 0.3) is 0 Å². The van der Waals surface area contributed by atoms with Crippen molar-refractivity contribution in [3.8, 4) is 0 Å². The molecule has 0 aliphatic carbocycles. The lowest BCUT2D eigenvalue weighted by Crippen LogP contribution is -2.39. The summed E-state index contributed by atoms with van der Waals surface area (Å²) in [7, 11) is 0. The summed E-state index contributed by atoms with van der Waals surface area (Å²) >= 11 is 3.33. The van der Waals surface area contributed by atoms with Gasteiger partial charge in [0.1, 0.15) is 5.60 Å². The lowest BCUT2D eigenvalue weighted by Gasteiger charge is -2.13. The van der Waals surface area contributed by atoms with Crippen LogP contribution in [0, 0.1) is 0 Å². The first-order chi connectivity index (χ1) is 7.39. The quantitative estimate of drug-likeness (QED) is 0.655. The molecule has 0 fully saturated rings. The molecule has 5 heteroatoms. The summed E-state index contributed by atoms with van der Waals surface area (Å²) in [4.78, 5) is 11.2. The van der Waals surface area contributed by atoms with E-state index in [0.29, 0.717) is 0 Å². The number of hydrazone groups is 1. The smallest absolute Gasteiger partial charge is 0.271 e. The van der Waals surface area contributed by atoms with Crippen molar-refractivity contribution in [3.05, 3.63) is 34.3 Å². The van der Waals surface area contributed by atoms with Gasteiger partial charge in [-0.2, -0.15) is 5.10 Å². The minimum Gasteiger partial charge on any atom is -0.381 e. The maximum Gasteiger partial charge on any atom is 0.271 e. The van der Waals surface area contributed by atoms with E-state index >= 15 is 0 Å². The van der Waals surface area contributed by atoms with Crippen molar-refractivity contribution in [2.75, 3.05) is 0 Å². The fourth-order valence-corrected chi connectivity index (χ4v) is 1.31. The zero-order valence-electron chi connectivity index (χ0n) is 9.07. The van der Waals surface area contributed by atoms with Crippen LogP contribution in [0.2, 0.25) is 0 Å². The monoisotopic (exact) mass is 284 g/mol. The number of nitrogens with one attached hydrogen (secondary N) is 1. The van der Waals surface area contributed by atoms with E-state index in [1.165, 1.54) is 20.1 Å². The predicted octanol–water partition coefficient (Wildman–Crippen LogP) is 1.67. The Morgan fingerprint density at radius 3 is 2.81 bits per heavy atom. The van der Waals surface area contributed by atoms with Crippen molar-refractivity contribution in [1.29, 1.82) is 0 Å². The fourth-order valence-electron chi connectivity index (χ4n) is 0.889. The number of benzene rings is 1. The maximum atomic E-state index is 11.2. The summed E-state index contributed by atoms with van der Waals surface area (Å²) in [5, 5.41) is 13.1. The summed E-state index contributed by atoms with van der Waals surface area (Å²) in [6, 6.07) is 7.47. The van der Waals surface area contributed by atoms with Crippen molar-refractivity contribution in [3.63, 3.8) is 0 Å². The van der Waals surface area contributed by atoms with E-state index in [2.05, 4.69) is 26.5 Å². The highest BCUT2D eigenvalue weighted by atomic mass is 79.9. The Balaban J connectivity index is 2.59. The Hall–Kier alpha value is -1.20. The van der Waals surface area contributed by atoms with Crippen LogP contribution in [0.5, 0.6) is 0 Å². The third kappa shape index (κ3) is 4.12. The molecule has 0 radical (unpaired) electrons. The largest absolute Gasteiger partial charge is 0.381 e. The second-order valence-corrected chi connectivity index (χ2v) is 4.73. The summed E-state index contributed by atoms with van der Waals surface area (Å²) in [6.07, 6.45) is 1.51. The highest BCUT2D eigenvalue weighted by Gasteiger charge is 2.22. The zero-order valence-corrected chi connectivity index (χ0v) is 10.7. The molecule has 0 saturated heterocycles. The number of aliphatic hydroxyl groups is 1. The van der Waals surface area contributed by atoms with E-state index in [-0.39, 0.29) is 0 Å². The molecule has 1 aromatic rings. The molecule has 1 rings (SSSR count). The number of amides is 1. The van der Waals surface area contributed by atoms with Crippen molar-refractivity contribution in [2.24, 2.45) is 5.10 Å². The lowest BCUT2D eigenvalue weighted by atomic mass is 10.1. The third-order valence-corrected chi connectivity index (χ3v) is 2.28. The topological polar surface area (TPSA) is 61.7 Å². The average molecular weight is 285 g/mol. The van der Waals surface area contributed by atoms with E-state index in [4.69, 9.17) is 0 Å². The molecule has 0 saturated carbocycles. The van der Waals surface area contributed by atoms with Crippen molar-refractivity contribution in [2.45, 2.75) is 19.4 Å². The van der Waals surface area contributed by atoms with Gasteiger partial charge in [-0.15, -0.1) is 0 Å². The van der Waals surface area contributed by atoms with E-state index < -0.39 is 11.5 Å². The van der Waals surface area contributed by atoms with Gasteiger partial charge in [0.15, 0.2) is 0 Å². The van der Waals surface area contributed by atoms with Crippen LogP contribution in [-0.4, -0.2) is 22.8 Å². The molecular formula is C11H13BrN2O2. The van der Waals surface area contributed by atoms with Gasteiger partial charge in [0.2, 0.25) is 0 Å². The highest BCUT2D eigenvalue weighted by Crippen LogP contribution is 2.09. The van der Waals surface area contributed by atoms with Gasteiger partial charge in [-0.1, -0.05) is 28.1 Å². The molecule has 0 bridgehead atoms. The number of nitrogens with zero attached hydrogens (tertiary/aromatic N) is 1. The Morgan fingerprint density at radius 1 is 1.56 bits per heavy atom. The first kappa shape index (κ1) is 12.9. The van der Waals surface area contributed by atoms with Gasteiger partial charge in [-0.3, -0.25) is 4.79 Å². The molecule has 0 atom stereocenters. The van der Waals surface area contributed by atoms with Gasteiger partial charge in [-0.25, -0.2) is 5.43 Å². The highest BCUT2D eigenvalue weighted by molar-refractivity contribution is 9.10. The zero-order chi connectivity index (χ0) is 12.2. The second kappa shape index (κ2) is 5.23. The van der Waals surface area contributed by atoms with Crippen LogP contribution in [-0.2, 0) is 4.79 Å². The molecule has 1 aromatic carbocycles. The molecule has 0 aliphatic rings. The molecule has 2 N–H and O–H groups in total. The summed E-state index contributed by atoms with van der Waals surface area (Å²) in [6.45, 7) is 2.80. The molecule has 0 aromatic heterocycles. The molecule has 0 aliphatic heterocycles. The predicted molar refractivity (Wildman–Crippen MR) is 66.2 cm³/mol. The summed E-state index contributed by atoms with van der Waals surface area (Å²) < 4.78 is 0.935. The van der Waals surface area contributed by atoms with E-state index in [0.717, 1.165) is 10.0 Å². The number of rotatable bonds is 3. The van der Waals surface area contributed by atoms with Crippen LogP contribution >= 0.6 is 15.9 Å². The van der Waals surface area contributed by atoms with Gasteiger partial charge in [0.05, 0.1) is 6.21 Å². The Kier molecular flexibility index (Phi) is 4.20. The number of carbonyl (C=O) groups excluding carboxylic acids is 1. The second-order valence-electron chi connectivity index (χ2n) is 3.81. The minimum absolute atomic E-state index is 0.543. The molecule has 0 unspecified atom stereocenters. The summed E-state index contributed by atoms with van der Waals surface area (Å²) in [5.41, 5.74) is 1.69. The number of hydrogen-bond acceptors (Lipinski definition) is 3. The maximum absolute atomic E-state index is 11.2. The van der Waals surface area contributed by atoms with Gasteiger partial charge in [0.25, 0.3) is 5.91 Å².